The lowest BCUT2D eigenvalue weighted by Crippen LogP contribution is -2.33. The first kappa shape index (κ1) is 24.4. The number of aliphatic hydroxyl groups is 1. The van der Waals surface area contributed by atoms with Crippen LogP contribution in [-0.2, 0) is 9.84 Å². The highest BCUT2D eigenvalue weighted by molar-refractivity contribution is 7.91. The summed E-state index contributed by atoms with van der Waals surface area (Å²) < 4.78 is 65.8. The van der Waals surface area contributed by atoms with E-state index < -0.39 is 34.0 Å². The maximum atomic E-state index is 12.7. The van der Waals surface area contributed by atoms with Gasteiger partial charge in [-0.25, -0.2) is 13.4 Å². The summed E-state index contributed by atoms with van der Waals surface area (Å²) in [6, 6.07) is 4.65. The molecule has 1 heterocycles. The normalized spacial score (nSPS) is 13.1. The van der Waals surface area contributed by atoms with Crippen molar-refractivity contribution in [2.24, 2.45) is 5.92 Å². The Labute approximate surface area is 177 Å². The number of pyridine rings is 1. The number of carbonyl (C=O) groups is 1. The summed E-state index contributed by atoms with van der Waals surface area (Å²) in [6.45, 7) is 3.81. The number of hydrogen-bond acceptors (Lipinski definition) is 7. The molecule has 8 nitrogen and oxygen atoms in total. The molecule has 1 aromatic heterocycles. The van der Waals surface area contributed by atoms with Gasteiger partial charge in [0.15, 0.2) is 5.69 Å². The summed E-state index contributed by atoms with van der Waals surface area (Å²) in [5.74, 6) is -1.03. The number of sulfone groups is 1. The number of aliphatic hydroxyl groups excluding tert-OH is 1. The van der Waals surface area contributed by atoms with Crippen molar-refractivity contribution in [3.8, 4) is 5.75 Å². The number of nitrogens with one attached hydrogen (secondary N) is 1. The van der Waals surface area contributed by atoms with Crippen LogP contribution < -0.4 is 15.8 Å². The van der Waals surface area contributed by atoms with Crippen LogP contribution in [0.5, 0.6) is 5.75 Å². The Kier molecular flexibility index (Phi) is 7.49. The van der Waals surface area contributed by atoms with Crippen LogP contribution in [0.1, 0.15) is 30.8 Å². The van der Waals surface area contributed by atoms with Crippen LogP contribution in [0.2, 0.25) is 0 Å². The Morgan fingerprint density at radius 3 is 2.35 bits per heavy atom. The van der Waals surface area contributed by atoms with Gasteiger partial charge in [-0.15, -0.1) is 13.2 Å². The molecule has 170 valence electrons. The molecule has 0 radical (unpaired) electrons. The zero-order chi connectivity index (χ0) is 23.4. The van der Waals surface area contributed by atoms with Gasteiger partial charge >= 0.3 is 6.36 Å². The van der Waals surface area contributed by atoms with E-state index in [0.29, 0.717) is 6.42 Å². The second-order valence-electron chi connectivity index (χ2n) is 7.12. The number of halogens is 3. The number of amides is 1. The smallest absolute Gasteiger partial charge is 0.406 e. The Morgan fingerprint density at radius 2 is 1.84 bits per heavy atom. The Balaban J connectivity index is 2.16. The standard InChI is InChI=1S/C19H22F3N3O5S/c1-11(2)7-12(26)9-25-18(27)17-16(23)8-15(10-24-17)31(28,29)14-5-3-13(4-6-14)30-19(20,21)22/h3-6,8,10-12,26H,7,9,23H2,1-2H3,(H,25,27). The summed E-state index contributed by atoms with van der Waals surface area (Å²) in [5, 5.41) is 12.3. The summed E-state index contributed by atoms with van der Waals surface area (Å²) in [4.78, 5) is 15.4. The second-order valence-corrected chi connectivity index (χ2v) is 9.07. The molecule has 12 heteroatoms. The lowest BCUT2D eigenvalue weighted by atomic mass is 10.1. The van der Waals surface area contributed by atoms with Crippen molar-refractivity contribution in [3.63, 3.8) is 0 Å². The van der Waals surface area contributed by atoms with Gasteiger partial charge in [0.2, 0.25) is 9.84 Å². The van der Waals surface area contributed by atoms with E-state index in [1.165, 1.54) is 0 Å². The maximum absolute atomic E-state index is 12.7. The van der Waals surface area contributed by atoms with Gasteiger partial charge in [-0.2, -0.15) is 0 Å². The SMILES string of the molecule is CC(C)CC(O)CNC(=O)c1ncc(S(=O)(=O)c2ccc(OC(F)(F)F)cc2)cc1N. The molecule has 0 saturated carbocycles. The molecule has 1 atom stereocenters. The number of nitrogens with two attached hydrogens (primary N) is 1. The van der Waals surface area contributed by atoms with Crippen LogP contribution in [0.25, 0.3) is 0 Å². The highest BCUT2D eigenvalue weighted by Gasteiger charge is 2.31. The van der Waals surface area contributed by atoms with Gasteiger partial charge in [0, 0.05) is 12.7 Å². The molecule has 1 amide bonds. The number of hydrogen-bond donors (Lipinski definition) is 3. The van der Waals surface area contributed by atoms with Crippen LogP contribution in [0.3, 0.4) is 0 Å². The van der Waals surface area contributed by atoms with Gasteiger partial charge in [-0.1, -0.05) is 13.8 Å². The zero-order valence-electron chi connectivity index (χ0n) is 16.7. The molecule has 0 aliphatic rings. The van der Waals surface area contributed by atoms with E-state index in [1.807, 2.05) is 13.8 Å². The quantitative estimate of drug-likeness (QED) is 0.550. The third-order valence-electron chi connectivity index (χ3n) is 4.03. The number of alkyl halides is 3. The lowest BCUT2D eigenvalue weighted by Gasteiger charge is -2.14. The number of rotatable bonds is 8. The number of ether oxygens (including phenoxy) is 1. The largest absolute Gasteiger partial charge is 0.573 e. The fourth-order valence-electron chi connectivity index (χ4n) is 2.68. The molecule has 31 heavy (non-hydrogen) atoms. The van der Waals surface area contributed by atoms with Crippen LogP contribution in [0.15, 0.2) is 46.3 Å². The van der Waals surface area contributed by atoms with Crippen LogP contribution in [-0.4, -0.2) is 43.4 Å². The first-order chi connectivity index (χ1) is 14.3. The van der Waals surface area contributed by atoms with Crippen molar-refractivity contribution in [1.29, 1.82) is 0 Å². The average molecular weight is 461 g/mol. The van der Waals surface area contributed by atoms with Crippen molar-refractivity contribution in [2.45, 2.75) is 42.5 Å². The number of aromatic nitrogens is 1. The number of nitrogens with zero attached hydrogens (tertiary/aromatic N) is 1. The fraction of sp³-hybridized carbons (Fsp3) is 0.368. The molecule has 0 fully saturated rings. The van der Waals surface area contributed by atoms with Crippen LogP contribution in [0.4, 0.5) is 18.9 Å². The zero-order valence-corrected chi connectivity index (χ0v) is 17.5. The fourth-order valence-corrected chi connectivity index (χ4v) is 3.92. The summed E-state index contributed by atoms with van der Waals surface area (Å²) in [5.41, 5.74) is 5.35. The highest BCUT2D eigenvalue weighted by Crippen LogP contribution is 2.27. The lowest BCUT2D eigenvalue weighted by molar-refractivity contribution is -0.274. The molecule has 1 unspecified atom stereocenters. The Bertz CT molecular complexity index is 1030. The van der Waals surface area contributed by atoms with Crippen molar-refractivity contribution in [3.05, 3.63) is 42.2 Å². The Morgan fingerprint density at radius 1 is 1.23 bits per heavy atom. The molecule has 4 N–H and O–H groups in total. The molecule has 2 aromatic rings. The molecule has 2 rings (SSSR count). The number of nitrogen functional groups attached to an aromatic ring is 1. The third kappa shape index (κ3) is 6.82. The van der Waals surface area contributed by atoms with E-state index in [4.69, 9.17) is 5.73 Å². The molecule has 1 aromatic carbocycles. The van der Waals surface area contributed by atoms with Crippen molar-refractivity contribution in [1.82, 2.24) is 10.3 Å². The van der Waals surface area contributed by atoms with Crippen molar-refractivity contribution in [2.75, 3.05) is 12.3 Å². The molecule has 0 aliphatic heterocycles. The minimum absolute atomic E-state index is 0.0233. The van der Waals surface area contributed by atoms with Gasteiger partial charge in [-0.05, 0) is 42.7 Å². The molecule has 0 spiro atoms. The molecular weight excluding hydrogens is 439 g/mol. The van der Waals surface area contributed by atoms with E-state index in [0.717, 1.165) is 36.5 Å². The van der Waals surface area contributed by atoms with Gasteiger partial charge in [-0.3, -0.25) is 4.79 Å². The Hall–Kier alpha value is -2.86. The van der Waals surface area contributed by atoms with E-state index >= 15 is 0 Å². The average Bonchev–Trinajstić information content (AvgIpc) is 2.64. The predicted molar refractivity (Wildman–Crippen MR) is 105 cm³/mol. The predicted octanol–water partition coefficient (Wildman–Crippen LogP) is 2.53. The summed E-state index contributed by atoms with van der Waals surface area (Å²) >= 11 is 0. The van der Waals surface area contributed by atoms with Crippen molar-refractivity contribution < 1.29 is 36.2 Å². The van der Waals surface area contributed by atoms with Gasteiger partial charge in [0.25, 0.3) is 5.91 Å². The summed E-state index contributed by atoms with van der Waals surface area (Å²) in [6.07, 6.45) is -4.26. The molecular formula is C19H22F3N3O5S. The minimum atomic E-state index is -4.90. The topological polar surface area (TPSA) is 132 Å². The first-order valence-electron chi connectivity index (χ1n) is 9.12. The minimum Gasteiger partial charge on any atom is -0.406 e. The van der Waals surface area contributed by atoms with Crippen LogP contribution in [0, 0.1) is 5.92 Å². The van der Waals surface area contributed by atoms with Crippen molar-refractivity contribution >= 4 is 21.4 Å². The highest BCUT2D eigenvalue weighted by atomic mass is 32.2. The van der Waals surface area contributed by atoms with E-state index in [1.54, 1.807) is 0 Å². The van der Waals surface area contributed by atoms with E-state index in [9.17, 15) is 31.5 Å². The molecule has 0 saturated heterocycles. The number of carbonyl (C=O) groups excluding carboxylic acids is 1. The van der Waals surface area contributed by atoms with E-state index in [2.05, 4.69) is 15.0 Å². The monoisotopic (exact) mass is 461 g/mol. The maximum Gasteiger partial charge on any atom is 0.573 e. The van der Waals surface area contributed by atoms with Gasteiger partial charge < -0.3 is 20.9 Å². The number of benzene rings is 1. The molecule has 0 bridgehead atoms. The van der Waals surface area contributed by atoms with Gasteiger partial charge in [0.1, 0.15) is 5.75 Å². The number of anilines is 1. The first-order valence-corrected chi connectivity index (χ1v) is 10.6. The summed E-state index contributed by atoms with van der Waals surface area (Å²) in [7, 11) is -4.15. The molecule has 0 aliphatic carbocycles. The van der Waals surface area contributed by atoms with E-state index in [-0.39, 0.29) is 33.6 Å². The van der Waals surface area contributed by atoms with Gasteiger partial charge in [0.05, 0.1) is 21.6 Å². The van der Waals surface area contributed by atoms with Crippen LogP contribution >= 0.6 is 0 Å². The third-order valence-corrected chi connectivity index (χ3v) is 5.76. The second kappa shape index (κ2) is 9.52.